The molecule has 0 amide bonds. The van der Waals surface area contributed by atoms with Crippen LogP contribution in [0.4, 0.5) is 13.2 Å². The van der Waals surface area contributed by atoms with Gasteiger partial charge in [-0.05, 0) is 27.6 Å². The zero-order valence-corrected chi connectivity index (χ0v) is 9.78. The van der Waals surface area contributed by atoms with Crippen LogP contribution in [-0.4, -0.2) is 11.3 Å². The molecular formula is C7H4Br2F3NO. The summed E-state index contributed by atoms with van der Waals surface area (Å²) in [6.45, 7) is 0. The van der Waals surface area contributed by atoms with Crippen LogP contribution in [-0.2, 0) is 5.33 Å². The lowest BCUT2D eigenvalue weighted by atomic mass is 10.3. The van der Waals surface area contributed by atoms with E-state index in [9.17, 15) is 13.2 Å². The van der Waals surface area contributed by atoms with Crippen molar-refractivity contribution in [2.24, 2.45) is 0 Å². The number of hydrogen-bond donors (Lipinski definition) is 0. The quantitative estimate of drug-likeness (QED) is 0.770. The standard InChI is InChI=1S/C7H4Br2F3NO/c8-3-4-1-2-13-6(5(4)9)14-7(10,11)12/h1-2H,3H2. The molecule has 78 valence electrons. The molecule has 1 heterocycles. The molecule has 0 radical (unpaired) electrons. The van der Waals surface area contributed by atoms with E-state index in [1.54, 1.807) is 6.07 Å². The van der Waals surface area contributed by atoms with Gasteiger partial charge in [-0.3, -0.25) is 0 Å². The highest BCUT2D eigenvalue weighted by atomic mass is 79.9. The van der Waals surface area contributed by atoms with Gasteiger partial charge in [-0.25, -0.2) is 4.98 Å². The Hall–Kier alpha value is -0.300. The summed E-state index contributed by atoms with van der Waals surface area (Å²) < 4.78 is 39.5. The molecule has 0 atom stereocenters. The molecule has 2 nitrogen and oxygen atoms in total. The van der Waals surface area contributed by atoms with Crippen molar-refractivity contribution in [2.75, 3.05) is 0 Å². The summed E-state index contributed by atoms with van der Waals surface area (Å²) in [6, 6.07) is 1.59. The van der Waals surface area contributed by atoms with Gasteiger partial charge in [0.15, 0.2) is 0 Å². The van der Waals surface area contributed by atoms with Gasteiger partial charge in [0.2, 0.25) is 5.88 Å². The predicted octanol–water partition coefficient (Wildman–Crippen LogP) is 3.64. The van der Waals surface area contributed by atoms with Crippen molar-refractivity contribution in [1.82, 2.24) is 4.98 Å². The van der Waals surface area contributed by atoms with E-state index in [0.717, 1.165) is 0 Å². The number of aromatic nitrogens is 1. The van der Waals surface area contributed by atoms with Crippen LogP contribution in [0.25, 0.3) is 0 Å². The second-order valence-electron chi connectivity index (χ2n) is 2.27. The van der Waals surface area contributed by atoms with Crippen LogP contribution >= 0.6 is 31.9 Å². The molecule has 0 spiro atoms. The fourth-order valence-electron chi connectivity index (χ4n) is 0.746. The lowest BCUT2D eigenvalue weighted by Crippen LogP contribution is -2.18. The maximum atomic E-state index is 11.9. The topological polar surface area (TPSA) is 22.1 Å². The Morgan fingerprint density at radius 1 is 1.43 bits per heavy atom. The van der Waals surface area contributed by atoms with Crippen molar-refractivity contribution < 1.29 is 17.9 Å². The summed E-state index contributed by atoms with van der Waals surface area (Å²) in [5.41, 5.74) is 0.638. The van der Waals surface area contributed by atoms with Crippen molar-refractivity contribution in [1.29, 1.82) is 0 Å². The highest BCUT2D eigenvalue weighted by Crippen LogP contribution is 2.31. The lowest BCUT2D eigenvalue weighted by Gasteiger charge is -2.10. The number of ether oxygens (including phenoxy) is 1. The number of hydrogen-bond acceptors (Lipinski definition) is 2. The summed E-state index contributed by atoms with van der Waals surface area (Å²) in [5, 5.41) is 0.421. The Morgan fingerprint density at radius 2 is 2.07 bits per heavy atom. The Kier molecular flexibility index (Phi) is 3.77. The van der Waals surface area contributed by atoms with Crippen LogP contribution in [0.2, 0.25) is 0 Å². The lowest BCUT2D eigenvalue weighted by molar-refractivity contribution is -0.276. The molecule has 7 heteroatoms. The Bertz CT molecular complexity index is 329. The maximum Gasteiger partial charge on any atom is 0.574 e. The van der Waals surface area contributed by atoms with E-state index < -0.39 is 12.2 Å². The van der Waals surface area contributed by atoms with Crippen LogP contribution in [0.5, 0.6) is 5.88 Å². The third kappa shape index (κ3) is 3.13. The number of alkyl halides is 4. The molecule has 0 bridgehead atoms. The van der Waals surface area contributed by atoms with Crippen molar-refractivity contribution in [2.45, 2.75) is 11.7 Å². The minimum atomic E-state index is -4.72. The second kappa shape index (κ2) is 4.48. The molecule has 0 aliphatic carbocycles. The zero-order valence-electron chi connectivity index (χ0n) is 6.61. The fourth-order valence-corrected chi connectivity index (χ4v) is 2.05. The Morgan fingerprint density at radius 3 is 2.57 bits per heavy atom. The first-order valence-electron chi connectivity index (χ1n) is 3.39. The minimum absolute atomic E-state index is 0.203. The van der Waals surface area contributed by atoms with Crippen molar-refractivity contribution >= 4 is 31.9 Å². The van der Waals surface area contributed by atoms with Crippen LogP contribution in [0.3, 0.4) is 0 Å². The van der Waals surface area contributed by atoms with Gasteiger partial charge in [0, 0.05) is 11.5 Å². The molecule has 0 N–H and O–H groups in total. The average Bonchev–Trinajstić information content (AvgIpc) is 2.06. The molecule has 0 unspecified atom stereocenters. The molecular weight excluding hydrogens is 331 g/mol. The van der Waals surface area contributed by atoms with E-state index in [0.29, 0.717) is 10.9 Å². The first-order chi connectivity index (χ1) is 6.44. The molecule has 0 aromatic carbocycles. The summed E-state index contributed by atoms with van der Waals surface area (Å²) in [5.74, 6) is -0.477. The van der Waals surface area contributed by atoms with E-state index in [4.69, 9.17) is 0 Å². The smallest absolute Gasteiger partial charge is 0.387 e. The number of nitrogens with zero attached hydrogens (tertiary/aromatic N) is 1. The fraction of sp³-hybridized carbons (Fsp3) is 0.286. The molecule has 0 fully saturated rings. The van der Waals surface area contributed by atoms with Crippen molar-refractivity contribution in [3.8, 4) is 5.88 Å². The molecule has 1 aromatic heterocycles. The number of rotatable bonds is 2. The molecule has 0 aliphatic rings. The van der Waals surface area contributed by atoms with Gasteiger partial charge in [0.1, 0.15) is 0 Å². The molecule has 0 saturated carbocycles. The van der Waals surface area contributed by atoms with Gasteiger partial charge >= 0.3 is 6.36 Å². The third-order valence-corrected chi connectivity index (χ3v) is 2.75. The van der Waals surface area contributed by atoms with Gasteiger partial charge in [0.25, 0.3) is 0 Å². The highest BCUT2D eigenvalue weighted by molar-refractivity contribution is 9.10. The van der Waals surface area contributed by atoms with Gasteiger partial charge in [-0.2, -0.15) is 0 Å². The molecule has 0 aliphatic heterocycles. The Labute approximate surface area is 94.7 Å². The van der Waals surface area contributed by atoms with Gasteiger partial charge in [-0.15, -0.1) is 13.2 Å². The van der Waals surface area contributed by atoms with Gasteiger partial charge in [0.05, 0.1) is 4.47 Å². The van der Waals surface area contributed by atoms with Crippen LogP contribution in [0, 0.1) is 0 Å². The minimum Gasteiger partial charge on any atom is -0.387 e. The van der Waals surface area contributed by atoms with E-state index in [1.807, 2.05) is 0 Å². The van der Waals surface area contributed by atoms with Crippen LogP contribution in [0.15, 0.2) is 16.7 Å². The first kappa shape index (κ1) is 11.8. The monoisotopic (exact) mass is 333 g/mol. The summed E-state index contributed by atoms with van der Waals surface area (Å²) in [6.07, 6.45) is -3.47. The molecule has 14 heavy (non-hydrogen) atoms. The van der Waals surface area contributed by atoms with Crippen molar-refractivity contribution in [3.63, 3.8) is 0 Å². The van der Waals surface area contributed by atoms with Crippen LogP contribution < -0.4 is 4.74 Å². The summed E-state index contributed by atoms with van der Waals surface area (Å²) in [4.78, 5) is 3.46. The average molecular weight is 335 g/mol. The first-order valence-corrected chi connectivity index (χ1v) is 5.30. The molecule has 1 aromatic rings. The SMILES string of the molecule is FC(F)(F)Oc1nccc(CBr)c1Br. The summed E-state index contributed by atoms with van der Waals surface area (Å²) >= 11 is 6.10. The molecule has 0 saturated heterocycles. The Balaban J connectivity index is 2.98. The molecule has 1 rings (SSSR count). The van der Waals surface area contributed by atoms with E-state index in [1.165, 1.54) is 6.20 Å². The third-order valence-electron chi connectivity index (χ3n) is 1.29. The second-order valence-corrected chi connectivity index (χ2v) is 3.62. The van der Waals surface area contributed by atoms with Crippen LogP contribution in [0.1, 0.15) is 5.56 Å². The highest BCUT2D eigenvalue weighted by Gasteiger charge is 2.32. The van der Waals surface area contributed by atoms with Gasteiger partial charge < -0.3 is 4.74 Å². The summed E-state index contributed by atoms with van der Waals surface area (Å²) in [7, 11) is 0. The zero-order chi connectivity index (χ0) is 10.8. The maximum absolute atomic E-state index is 11.9. The van der Waals surface area contributed by atoms with Gasteiger partial charge in [-0.1, -0.05) is 15.9 Å². The van der Waals surface area contributed by atoms with Crippen molar-refractivity contribution in [3.05, 3.63) is 22.3 Å². The largest absolute Gasteiger partial charge is 0.574 e. The number of pyridine rings is 1. The normalized spacial score (nSPS) is 11.5. The van der Waals surface area contributed by atoms with E-state index in [2.05, 4.69) is 41.6 Å². The predicted molar refractivity (Wildman–Crippen MR) is 51.3 cm³/mol. The number of halogens is 5. The van der Waals surface area contributed by atoms with E-state index in [-0.39, 0.29) is 4.47 Å². The van der Waals surface area contributed by atoms with E-state index >= 15 is 0 Å².